The second-order valence-corrected chi connectivity index (χ2v) is 21.4. The van der Waals surface area contributed by atoms with Crippen molar-refractivity contribution in [2.45, 2.75) is 39.4 Å². The van der Waals surface area contributed by atoms with Crippen LogP contribution >= 0.6 is 0 Å². The van der Waals surface area contributed by atoms with E-state index in [9.17, 15) is 0 Å². The molecule has 9 aromatic rings. The Bertz CT molecular complexity index is 2950. The highest BCUT2D eigenvalue weighted by Gasteiger charge is 2.36. The van der Waals surface area contributed by atoms with Crippen LogP contribution in [0.15, 0.2) is 188 Å². The van der Waals surface area contributed by atoms with Crippen molar-refractivity contribution in [3.63, 3.8) is 0 Å². The molecule has 0 fully saturated rings. The first-order valence-electron chi connectivity index (χ1n) is 20.4. The third-order valence-electron chi connectivity index (χ3n) is 11.8. The number of pyridine rings is 1. The van der Waals surface area contributed by atoms with Crippen molar-refractivity contribution in [2.24, 2.45) is 0 Å². The number of fused-ring (bicyclic) bond motifs is 4. The Labute approximate surface area is 347 Å². The van der Waals surface area contributed by atoms with Crippen LogP contribution in [0.5, 0.6) is 0 Å². The average molecular weight is 783 g/mol. The zero-order chi connectivity index (χ0) is 40.3. The number of benzene rings is 7. The number of hydroxylamine groups is 1. The minimum absolute atomic E-state index is 0.214. The number of rotatable bonds is 7. The largest absolute Gasteiger partial charge is 0.294 e. The lowest BCUT2D eigenvalue weighted by Crippen LogP contribution is -2.53. The number of aromatic nitrogens is 2. The summed E-state index contributed by atoms with van der Waals surface area (Å²) in [5.74, 6) is 0.891. The number of hydrogen-bond donors (Lipinski definition) is 0. The molecule has 10 rings (SSSR count). The number of hydrogen-bond acceptors (Lipinski definition) is 4. The molecule has 3 heterocycles. The van der Waals surface area contributed by atoms with Gasteiger partial charge in [-0.15, -0.1) is 4.94 Å². The minimum atomic E-state index is -2.26. The molecule has 6 heteroatoms. The normalized spacial score (nSPS) is 13.0. The van der Waals surface area contributed by atoms with E-state index in [0.717, 1.165) is 39.5 Å². The van der Waals surface area contributed by atoms with Gasteiger partial charge in [0.1, 0.15) is 13.9 Å². The fourth-order valence-electron chi connectivity index (χ4n) is 8.72. The van der Waals surface area contributed by atoms with E-state index in [-0.39, 0.29) is 5.54 Å². The van der Waals surface area contributed by atoms with Crippen LogP contribution in [0.1, 0.15) is 20.8 Å². The Morgan fingerprint density at radius 2 is 1.12 bits per heavy atom. The molecule has 1 aliphatic heterocycles. The predicted octanol–water partition coefficient (Wildman–Crippen LogP) is 12.6. The fraction of sp³-hybridized carbons (Fsp3) is 0.113. The summed E-state index contributed by atoms with van der Waals surface area (Å²) < 4.78 is 2.36. The quantitative estimate of drug-likeness (QED) is 0.151. The lowest BCUT2D eigenvalue weighted by molar-refractivity contribution is 0.0843. The van der Waals surface area contributed by atoms with Gasteiger partial charge in [-0.2, -0.15) is 5.06 Å². The van der Waals surface area contributed by atoms with Crippen LogP contribution in [0.4, 0.5) is 17.1 Å². The summed E-state index contributed by atoms with van der Waals surface area (Å²) in [7, 11) is -2.26. The molecule has 0 atom stereocenters. The second kappa shape index (κ2) is 14.3. The van der Waals surface area contributed by atoms with E-state index < -0.39 is 8.07 Å². The number of nitrogens with zero attached hydrogens (tertiary/aromatic N) is 4. The summed E-state index contributed by atoms with van der Waals surface area (Å²) in [6.45, 7) is 11.4. The molecule has 0 unspecified atom stereocenters. The first kappa shape index (κ1) is 36.6. The highest BCUT2D eigenvalue weighted by atomic mass is 28.3. The van der Waals surface area contributed by atoms with Gasteiger partial charge in [-0.05, 0) is 103 Å². The van der Waals surface area contributed by atoms with Gasteiger partial charge in [0.05, 0.1) is 33.6 Å². The van der Waals surface area contributed by atoms with Crippen molar-refractivity contribution in [2.75, 3.05) is 10.1 Å². The predicted molar refractivity (Wildman–Crippen MR) is 250 cm³/mol. The Kier molecular flexibility index (Phi) is 8.85. The third-order valence-corrected chi connectivity index (χ3v) is 15.3. The number of anilines is 3. The SMILES string of the molecule is CC(C)(C)N1ON(c2cccc([Si](C)(C)c3ccc4c5ccccc5n(-c5cc(-c6c(-c7ccccc7)cccc6-c6ccccc6)ccn5)c4c3)c2)c2ccccc21. The highest BCUT2D eigenvalue weighted by molar-refractivity contribution is 7.00. The summed E-state index contributed by atoms with van der Waals surface area (Å²) in [6.07, 6.45) is 1.97. The maximum atomic E-state index is 6.59. The Balaban J connectivity index is 1.10. The zero-order valence-corrected chi connectivity index (χ0v) is 35.1. The van der Waals surface area contributed by atoms with Crippen molar-refractivity contribution < 1.29 is 4.94 Å². The Hall–Kier alpha value is -6.73. The summed E-state index contributed by atoms with van der Waals surface area (Å²) >= 11 is 0. The van der Waals surface area contributed by atoms with Crippen LogP contribution in [0.2, 0.25) is 13.1 Å². The van der Waals surface area contributed by atoms with Crippen molar-refractivity contribution >= 4 is 57.3 Å². The smallest absolute Gasteiger partial charge is 0.138 e. The molecule has 0 aliphatic carbocycles. The monoisotopic (exact) mass is 782 g/mol. The Morgan fingerprint density at radius 1 is 0.508 bits per heavy atom. The van der Waals surface area contributed by atoms with E-state index in [1.165, 1.54) is 49.0 Å². The third kappa shape index (κ3) is 6.32. The van der Waals surface area contributed by atoms with Gasteiger partial charge in [0, 0.05) is 17.0 Å². The van der Waals surface area contributed by atoms with Crippen LogP contribution in [0, 0.1) is 0 Å². The van der Waals surface area contributed by atoms with E-state index in [0.29, 0.717) is 0 Å². The second-order valence-electron chi connectivity index (χ2n) is 17.0. The molecule has 0 N–H and O–H groups in total. The van der Waals surface area contributed by atoms with Crippen molar-refractivity contribution in [1.82, 2.24) is 9.55 Å². The topological polar surface area (TPSA) is 33.5 Å². The first-order valence-corrected chi connectivity index (χ1v) is 23.4. The van der Waals surface area contributed by atoms with Gasteiger partial charge in [0.15, 0.2) is 0 Å². The molecule has 2 aromatic heterocycles. The van der Waals surface area contributed by atoms with Gasteiger partial charge < -0.3 is 0 Å². The maximum absolute atomic E-state index is 6.59. The zero-order valence-electron chi connectivity index (χ0n) is 34.1. The molecule has 0 bridgehead atoms. The fourth-order valence-corrected chi connectivity index (χ4v) is 11.1. The summed E-state index contributed by atoms with van der Waals surface area (Å²) in [5.41, 5.74) is 12.3. The first-order chi connectivity index (χ1) is 28.7. The molecule has 5 nitrogen and oxygen atoms in total. The summed E-state index contributed by atoms with van der Waals surface area (Å²) in [5, 5.41) is 9.10. The standard InChI is InChI=1S/C53H46N4OSi/c1-53(2,3)57-49-29-15-14-28-48(49)56(58-57)40-22-16-23-41(35-40)59(4,5)42-30-31-46-45-24-12-13-27-47(45)55(50(46)36-42)51-34-39(32-33-54-51)52-43(37-18-8-6-9-19-37)25-17-26-44(52)38-20-10-7-11-21-38/h6-36H,1-5H3. The number of para-hydroxylation sites is 3. The van der Waals surface area contributed by atoms with Gasteiger partial charge >= 0.3 is 0 Å². The summed E-state index contributed by atoms with van der Waals surface area (Å²) in [4.78, 5) is 11.7. The summed E-state index contributed by atoms with van der Waals surface area (Å²) in [6, 6.07) is 65.7. The van der Waals surface area contributed by atoms with E-state index in [2.05, 4.69) is 220 Å². The van der Waals surface area contributed by atoms with E-state index in [1.54, 1.807) is 0 Å². The van der Waals surface area contributed by atoms with Crippen LogP contribution in [-0.2, 0) is 4.94 Å². The van der Waals surface area contributed by atoms with Gasteiger partial charge in [-0.3, -0.25) is 4.57 Å². The molecule has 1 aliphatic rings. The highest BCUT2D eigenvalue weighted by Crippen LogP contribution is 2.45. The van der Waals surface area contributed by atoms with E-state index >= 15 is 0 Å². The molecular weight excluding hydrogens is 737 g/mol. The average Bonchev–Trinajstić information content (AvgIpc) is 3.84. The molecular formula is C53H46N4OSi. The van der Waals surface area contributed by atoms with Gasteiger partial charge in [0.2, 0.25) is 0 Å². The van der Waals surface area contributed by atoms with Gasteiger partial charge in [-0.1, -0.05) is 157 Å². The maximum Gasteiger partial charge on any atom is 0.138 e. The Morgan fingerprint density at radius 3 is 1.83 bits per heavy atom. The van der Waals surface area contributed by atoms with Crippen LogP contribution in [0.3, 0.4) is 0 Å². The van der Waals surface area contributed by atoms with Crippen molar-refractivity contribution in [3.8, 4) is 39.2 Å². The molecule has 59 heavy (non-hydrogen) atoms. The molecule has 0 spiro atoms. The van der Waals surface area contributed by atoms with Crippen LogP contribution < -0.4 is 20.5 Å². The molecule has 0 amide bonds. The molecule has 288 valence electrons. The molecule has 0 saturated heterocycles. The van der Waals surface area contributed by atoms with Crippen molar-refractivity contribution in [1.29, 1.82) is 0 Å². The lowest BCUT2D eigenvalue weighted by atomic mass is 9.88. The van der Waals surface area contributed by atoms with E-state index in [4.69, 9.17) is 9.92 Å². The van der Waals surface area contributed by atoms with Gasteiger partial charge in [-0.25, -0.2) is 10.0 Å². The van der Waals surface area contributed by atoms with Crippen LogP contribution in [0.25, 0.3) is 61.0 Å². The molecule has 0 saturated carbocycles. The van der Waals surface area contributed by atoms with Crippen LogP contribution in [-0.4, -0.2) is 23.2 Å². The van der Waals surface area contributed by atoms with Gasteiger partial charge in [0.25, 0.3) is 0 Å². The minimum Gasteiger partial charge on any atom is -0.294 e. The van der Waals surface area contributed by atoms with E-state index in [1.807, 2.05) is 16.3 Å². The molecule has 0 radical (unpaired) electrons. The van der Waals surface area contributed by atoms with Crippen molar-refractivity contribution in [3.05, 3.63) is 188 Å². The molecule has 7 aromatic carbocycles. The lowest BCUT2D eigenvalue weighted by Gasteiger charge is -2.32.